The number of hydrogen-bond donors (Lipinski definition) is 1. The average molecular weight is 273 g/mol. The number of fused-ring (bicyclic) bond motifs is 1. The highest BCUT2D eigenvalue weighted by Gasteiger charge is 2.05. The summed E-state index contributed by atoms with van der Waals surface area (Å²) in [5.74, 6) is 0.932. The number of nitrogens with zero attached hydrogens (tertiary/aromatic N) is 2. The third kappa shape index (κ3) is 2.03. The number of H-pyrrole nitrogens is 1. The average Bonchev–Trinajstić information content (AvgIpc) is 3.13. The van der Waals surface area contributed by atoms with E-state index in [4.69, 9.17) is 0 Å². The molecule has 102 valence electrons. The SMILES string of the molecule is Cc1ncc(-c2cccc(-n3ccc4ccccc43)c2)[nH]1. The molecule has 4 aromatic rings. The van der Waals surface area contributed by atoms with Crippen molar-refractivity contribution in [2.45, 2.75) is 6.92 Å². The lowest BCUT2D eigenvalue weighted by atomic mass is 10.1. The molecule has 0 saturated carbocycles. The quantitative estimate of drug-likeness (QED) is 0.579. The zero-order chi connectivity index (χ0) is 14.2. The standard InChI is InChI=1S/C18H15N3/c1-13-19-12-17(20-13)15-6-4-7-16(11-15)21-10-9-14-5-2-3-8-18(14)21/h2-12H,1H3,(H,19,20). The summed E-state index contributed by atoms with van der Waals surface area (Å²) in [5, 5.41) is 1.25. The van der Waals surface area contributed by atoms with E-state index in [2.05, 4.69) is 75.3 Å². The van der Waals surface area contributed by atoms with E-state index in [1.807, 2.05) is 13.1 Å². The fourth-order valence-corrected chi connectivity index (χ4v) is 2.70. The van der Waals surface area contributed by atoms with Gasteiger partial charge in [-0.2, -0.15) is 0 Å². The van der Waals surface area contributed by atoms with Crippen LogP contribution in [0.25, 0.3) is 27.8 Å². The summed E-state index contributed by atoms with van der Waals surface area (Å²) in [6.07, 6.45) is 3.99. The minimum Gasteiger partial charge on any atom is -0.342 e. The van der Waals surface area contributed by atoms with Crippen LogP contribution in [-0.2, 0) is 0 Å². The summed E-state index contributed by atoms with van der Waals surface area (Å²) < 4.78 is 2.21. The van der Waals surface area contributed by atoms with Gasteiger partial charge in [0.05, 0.1) is 17.4 Å². The van der Waals surface area contributed by atoms with Gasteiger partial charge in [0.25, 0.3) is 0 Å². The van der Waals surface area contributed by atoms with Gasteiger partial charge in [-0.05, 0) is 36.6 Å². The Kier molecular flexibility index (Phi) is 2.64. The molecular formula is C18H15N3. The van der Waals surface area contributed by atoms with Gasteiger partial charge in [-0.25, -0.2) is 4.98 Å². The fraction of sp³-hybridized carbons (Fsp3) is 0.0556. The largest absolute Gasteiger partial charge is 0.342 e. The maximum atomic E-state index is 4.27. The van der Waals surface area contributed by atoms with Crippen LogP contribution in [0, 0.1) is 6.92 Å². The number of aromatic amines is 1. The van der Waals surface area contributed by atoms with Crippen molar-refractivity contribution in [3.05, 3.63) is 72.8 Å². The monoisotopic (exact) mass is 273 g/mol. The highest BCUT2D eigenvalue weighted by molar-refractivity contribution is 5.82. The second-order valence-corrected chi connectivity index (χ2v) is 5.18. The molecule has 0 aliphatic carbocycles. The van der Waals surface area contributed by atoms with Crippen LogP contribution in [0.1, 0.15) is 5.82 Å². The third-order valence-electron chi connectivity index (χ3n) is 3.74. The van der Waals surface area contributed by atoms with Gasteiger partial charge in [-0.1, -0.05) is 30.3 Å². The molecule has 3 nitrogen and oxygen atoms in total. The lowest BCUT2D eigenvalue weighted by Crippen LogP contribution is -1.92. The second-order valence-electron chi connectivity index (χ2n) is 5.18. The second kappa shape index (κ2) is 4.63. The van der Waals surface area contributed by atoms with Crippen LogP contribution in [0.3, 0.4) is 0 Å². The van der Waals surface area contributed by atoms with Crippen LogP contribution in [0.15, 0.2) is 67.0 Å². The van der Waals surface area contributed by atoms with Crippen molar-refractivity contribution >= 4 is 10.9 Å². The molecule has 0 radical (unpaired) electrons. The van der Waals surface area contributed by atoms with Gasteiger partial charge < -0.3 is 9.55 Å². The number of aryl methyl sites for hydroxylation is 1. The minimum atomic E-state index is 0.932. The number of benzene rings is 2. The molecule has 0 fully saturated rings. The number of imidazole rings is 1. The van der Waals surface area contributed by atoms with Crippen LogP contribution in [0.2, 0.25) is 0 Å². The lowest BCUT2D eigenvalue weighted by Gasteiger charge is -2.07. The molecule has 2 aromatic carbocycles. The van der Waals surface area contributed by atoms with Gasteiger partial charge in [0.2, 0.25) is 0 Å². The summed E-state index contributed by atoms with van der Waals surface area (Å²) in [6, 6.07) is 19.0. The number of hydrogen-bond acceptors (Lipinski definition) is 1. The molecule has 0 spiro atoms. The Bertz CT molecular complexity index is 915. The minimum absolute atomic E-state index is 0.932. The summed E-state index contributed by atoms with van der Waals surface area (Å²) in [6.45, 7) is 1.97. The van der Waals surface area contributed by atoms with E-state index in [0.29, 0.717) is 0 Å². The number of nitrogens with one attached hydrogen (secondary N) is 1. The molecule has 2 heterocycles. The van der Waals surface area contributed by atoms with Gasteiger partial charge in [-0.15, -0.1) is 0 Å². The molecule has 0 amide bonds. The van der Waals surface area contributed by atoms with E-state index in [9.17, 15) is 0 Å². The van der Waals surface area contributed by atoms with E-state index in [-0.39, 0.29) is 0 Å². The maximum absolute atomic E-state index is 4.27. The molecular weight excluding hydrogens is 258 g/mol. The first kappa shape index (κ1) is 12.0. The fourth-order valence-electron chi connectivity index (χ4n) is 2.70. The Balaban J connectivity index is 1.86. The first-order chi connectivity index (χ1) is 10.3. The zero-order valence-electron chi connectivity index (χ0n) is 11.7. The number of aromatic nitrogens is 3. The van der Waals surface area contributed by atoms with Crippen molar-refractivity contribution in [3.63, 3.8) is 0 Å². The molecule has 0 saturated heterocycles. The van der Waals surface area contributed by atoms with Gasteiger partial charge in [0.15, 0.2) is 0 Å². The topological polar surface area (TPSA) is 33.6 Å². The summed E-state index contributed by atoms with van der Waals surface area (Å²) in [4.78, 5) is 7.55. The molecule has 0 aliphatic heterocycles. The van der Waals surface area contributed by atoms with E-state index in [1.54, 1.807) is 0 Å². The molecule has 2 aromatic heterocycles. The lowest BCUT2D eigenvalue weighted by molar-refractivity contribution is 1.13. The van der Waals surface area contributed by atoms with Crippen molar-refractivity contribution < 1.29 is 0 Å². The molecule has 0 bridgehead atoms. The molecule has 4 rings (SSSR count). The Labute approximate surface area is 122 Å². The van der Waals surface area contributed by atoms with Crippen LogP contribution in [0.4, 0.5) is 0 Å². The van der Waals surface area contributed by atoms with Gasteiger partial charge in [0.1, 0.15) is 5.82 Å². The van der Waals surface area contributed by atoms with E-state index in [0.717, 1.165) is 22.8 Å². The van der Waals surface area contributed by atoms with E-state index >= 15 is 0 Å². The van der Waals surface area contributed by atoms with Crippen molar-refractivity contribution in [2.75, 3.05) is 0 Å². The van der Waals surface area contributed by atoms with Crippen LogP contribution in [0.5, 0.6) is 0 Å². The molecule has 3 heteroatoms. The third-order valence-corrected chi connectivity index (χ3v) is 3.74. The number of rotatable bonds is 2. The Morgan fingerprint density at radius 1 is 1.00 bits per heavy atom. The maximum Gasteiger partial charge on any atom is 0.103 e. The van der Waals surface area contributed by atoms with Crippen molar-refractivity contribution in [3.8, 4) is 16.9 Å². The molecule has 0 atom stereocenters. The normalized spacial score (nSPS) is 11.1. The Morgan fingerprint density at radius 3 is 2.76 bits per heavy atom. The predicted molar refractivity (Wildman–Crippen MR) is 85.6 cm³/mol. The molecule has 21 heavy (non-hydrogen) atoms. The van der Waals surface area contributed by atoms with Gasteiger partial charge in [-0.3, -0.25) is 0 Å². The predicted octanol–water partition coefficient (Wildman–Crippen LogP) is 4.33. The summed E-state index contributed by atoms with van der Waals surface area (Å²) in [7, 11) is 0. The van der Waals surface area contributed by atoms with E-state index < -0.39 is 0 Å². The van der Waals surface area contributed by atoms with Crippen LogP contribution in [-0.4, -0.2) is 14.5 Å². The van der Waals surface area contributed by atoms with Crippen molar-refractivity contribution in [2.24, 2.45) is 0 Å². The Hall–Kier alpha value is -2.81. The molecule has 0 aliphatic rings. The Morgan fingerprint density at radius 2 is 1.90 bits per heavy atom. The van der Waals surface area contributed by atoms with Crippen molar-refractivity contribution in [1.29, 1.82) is 0 Å². The highest BCUT2D eigenvalue weighted by atomic mass is 15.0. The summed E-state index contributed by atoms with van der Waals surface area (Å²) in [5.41, 5.74) is 4.56. The summed E-state index contributed by atoms with van der Waals surface area (Å²) >= 11 is 0. The van der Waals surface area contributed by atoms with Gasteiger partial charge >= 0.3 is 0 Å². The molecule has 1 N–H and O–H groups in total. The first-order valence-electron chi connectivity index (χ1n) is 7.00. The number of para-hydroxylation sites is 1. The van der Waals surface area contributed by atoms with E-state index in [1.165, 1.54) is 10.9 Å². The first-order valence-corrected chi connectivity index (χ1v) is 7.00. The van der Waals surface area contributed by atoms with Gasteiger partial charge in [0, 0.05) is 17.4 Å². The van der Waals surface area contributed by atoms with Crippen molar-refractivity contribution in [1.82, 2.24) is 14.5 Å². The smallest absolute Gasteiger partial charge is 0.103 e. The molecule has 0 unspecified atom stereocenters. The van der Waals surface area contributed by atoms with Crippen LogP contribution >= 0.6 is 0 Å². The van der Waals surface area contributed by atoms with Crippen LogP contribution < -0.4 is 0 Å². The zero-order valence-corrected chi connectivity index (χ0v) is 11.7. The highest BCUT2D eigenvalue weighted by Crippen LogP contribution is 2.24.